The third-order valence-corrected chi connectivity index (χ3v) is 4.89. The number of rotatable bonds is 4. The summed E-state index contributed by atoms with van der Waals surface area (Å²) in [5.74, 6) is 2.62. The van der Waals surface area contributed by atoms with Crippen molar-refractivity contribution in [3.8, 4) is 0 Å². The second kappa shape index (κ2) is 4.60. The van der Waals surface area contributed by atoms with E-state index in [1.165, 1.54) is 32.1 Å². The molecule has 17 heavy (non-hydrogen) atoms. The number of nitrogens with one attached hydrogen (secondary N) is 1. The van der Waals surface area contributed by atoms with Gasteiger partial charge < -0.3 is 10.2 Å². The lowest BCUT2D eigenvalue weighted by Gasteiger charge is -2.27. The van der Waals surface area contributed by atoms with Crippen LogP contribution < -0.4 is 5.32 Å². The minimum atomic E-state index is 0.361. The van der Waals surface area contributed by atoms with E-state index in [0.717, 1.165) is 31.5 Å². The molecule has 0 aromatic heterocycles. The van der Waals surface area contributed by atoms with Gasteiger partial charge >= 0.3 is 0 Å². The summed E-state index contributed by atoms with van der Waals surface area (Å²) < 4.78 is 0. The molecule has 2 saturated carbocycles. The van der Waals surface area contributed by atoms with Crippen molar-refractivity contribution in [2.75, 3.05) is 19.6 Å². The molecular weight excluding hydrogens is 212 g/mol. The number of carbonyl (C=O) groups excluding carboxylic acids is 1. The summed E-state index contributed by atoms with van der Waals surface area (Å²) in [5, 5.41) is 3.49. The number of amides is 1. The Morgan fingerprint density at radius 3 is 2.65 bits per heavy atom. The summed E-state index contributed by atoms with van der Waals surface area (Å²) in [6.07, 6.45) is 6.26. The summed E-state index contributed by atoms with van der Waals surface area (Å²) in [5.41, 5.74) is 0. The molecule has 1 amide bonds. The van der Waals surface area contributed by atoms with Gasteiger partial charge in [-0.05, 0) is 57.4 Å². The topological polar surface area (TPSA) is 32.3 Å². The zero-order chi connectivity index (χ0) is 11.8. The van der Waals surface area contributed by atoms with Gasteiger partial charge in [0.25, 0.3) is 0 Å². The molecule has 3 nitrogen and oxygen atoms in total. The number of fused-ring (bicyclic) bond motifs is 1. The average Bonchev–Trinajstić information content (AvgIpc) is 2.81. The summed E-state index contributed by atoms with van der Waals surface area (Å²) in [4.78, 5) is 14.5. The first-order chi connectivity index (χ1) is 8.28. The normalized spacial score (nSPS) is 39.1. The molecule has 1 N–H and O–H groups in total. The highest BCUT2D eigenvalue weighted by molar-refractivity contribution is 5.79. The predicted octanol–water partition coefficient (Wildman–Crippen LogP) is 1.63. The maximum absolute atomic E-state index is 12.4. The zero-order valence-electron chi connectivity index (χ0n) is 10.8. The minimum absolute atomic E-state index is 0.361. The summed E-state index contributed by atoms with van der Waals surface area (Å²) in [6, 6.07) is 0.551. The van der Waals surface area contributed by atoms with Gasteiger partial charge in [-0.3, -0.25) is 4.79 Å². The van der Waals surface area contributed by atoms with E-state index >= 15 is 0 Å². The van der Waals surface area contributed by atoms with Crippen molar-refractivity contribution in [3.63, 3.8) is 0 Å². The quantitative estimate of drug-likeness (QED) is 0.804. The number of hydrogen-bond acceptors (Lipinski definition) is 2. The smallest absolute Gasteiger partial charge is 0.225 e. The Morgan fingerprint density at radius 2 is 2.06 bits per heavy atom. The molecule has 0 spiro atoms. The van der Waals surface area contributed by atoms with Crippen LogP contribution in [0.4, 0.5) is 0 Å². The maximum atomic E-state index is 12.4. The zero-order valence-corrected chi connectivity index (χ0v) is 10.8. The number of hydrogen-bond donors (Lipinski definition) is 1. The number of nitrogens with zero attached hydrogens (tertiary/aromatic N) is 1. The lowest BCUT2D eigenvalue weighted by molar-refractivity contribution is -0.135. The van der Waals surface area contributed by atoms with E-state index in [1.807, 2.05) is 0 Å². The van der Waals surface area contributed by atoms with E-state index in [0.29, 0.717) is 17.9 Å². The lowest BCUT2D eigenvalue weighted by Crippen LogP contribution is -2.43. The molecule has 3 fully saturated rings. The highest BCUT2D eigenvalue weighted by atomic mass is 16.2. The van der Waals surface area contributed by atoms with Crippen LogP contribution in [0.25, 0.3) is 0 Å². The Morgan fingerprint density at radius 1 is 1.29 bits per heavy atom. The van der Waals surface area contributed by atoms with Crippen molar-refractivity contribution in [3.05, 3.63) is 0 Å². The molecule has 1 aliphatic heterocycles. The second-order valence-corrected chi connectivity index (χ2v) is 6.09. The third kappa shape index (κ3) is 2.35. The van der Waals surface area contributed by atoms with Crippen LogP contribution in [0, 0.1) is 17.8 Å². The van der Waals surface area contributed by atoms with Gasteiger partial charge in [0.1, 0.15) is 0 Å². The number of carbonyl (C=O) groups is 1. The van der Waals surface area contributed by atoms with Gasteiger partial charge in [-0.15, -0.1) is 0 Å². The fraction of sp³-hybridized carbons (Fsp3) is 0.929. The highest BCUT2D eigenvalue weighted by Crippen LogP contribution is 2.54. The van der Waals surface area contributed by atoms with Gasteiger partial charge in [-0.1, -0.05) is 0 Å². The van der Waals surface area contributed by atoms with Crippen LogP contribution in [-0.2, 0) is 4.79 Å². The van der Waals surface area contributed by atoms with Gasteiger partial charge in [-0.2, -0.15) is 0 Å². The molecular formula is C14H24N2O. The van der Waals surface area contributed by atoms with Gasteiger partial charge in [-0.25, -0.2) is 0 Å². The van der Waals surface area contributed by atoms with E-state index in [-0.39, 0.29) is 0 Å². The summed E-state index contributed by atoms with van der Waals surface area (Å²) in [7, 11) is 0. The molecule has 1 heterocycles. The van der Waals surface area contributed by atoms with E-state index in [1.54, 1.807) is 0 Å². The Bertz CT molecular complexity index is 289. The maximum Gasteiger partial charge on any atom is 0.225 e. The molecule has 3 heteroatoms. The van der Waals surface area contributed by atoms with Crippen molar-refractivity contribution in [1.82, 2.24) is 10.2 Å². The van der Waals surface area contributed by atoms with E-state index < -0.39 is 0 Å². The van der Waals surface area contributed by atoms with Crippen molar-refractivity contribution in [2.24, 2.45) is 17.8 Å². The molecule has 0 bridgehead atoms. The van der Waals surface area contributed by atoms with E-state index in [4.69, 9.17) is 0 Å². The first kappa shape index (κ1) is 11.5. The molecule has 0 aromatic rings. The third-order valence-electron chi connectivity index (χ3n) is 4.89. The Balaban J connectivity index is 1.53. The van der Waals surface area contributed by atoms with Crippen LogP contribution in [-0.4, -0.2) is 36.5 Å². The molecule has 3 aliphatic rings. The average molecular weight is 236 g/mol. The van der Waals surface area contributed by atoms with Gasteiger partial charge in [0.2, 0.25) is 5.91 Å². The van der Waals surface area contributed by atoms with E-state index in [9.17, 15) is 4.79 Å². The van der Waals surface area contributed by atoms with E-state index in [2.05, 4.69) is 17.1 Å². The molecule has 0 radical (unpaired) electrons. The molecule has 3 atom stereocenters. The fourth-order valence-corrected chi connectivity index (χ4v) is 3.73. The van der Waals surface area contributed by atoms with Crippen molar-refractivity contribution < 1.29 is 4.79 Å². The first-order valence-corrected chi connectivity index (χ1v) is 7.30. The van der Waals surface area contributed by atoms with Crippen LogP contribution >= 0.6 is 0 Å². The Kier molecular flexibility index (Phi) is 3.12. The van der Waals surface area contributed by atoms with Gasteiger partial charge in [0.15, 0.2) is 0 Å². The molecule has 3 rings (SSSR count). The van der Waals surface area contributed by atoms with Gasteiger partial charge in [0.05, 0.1) is 0 Å². The molecule has 2 aliphatic carbocycles. The van der Waals surface area contributed by atoms with Crippen LogP contribution in [0.1, 0.15) is 39.0 Å². The van der Waals surface area contributed by atoms with Crippen molar-refractivity contribution in [2.45, 2.75) is 45.1 Å². The largest absolute Gasteiger partial charge is 0.341 e. The molecule has 1 saturated heterocycles. The van der Waals surface area contributed by atoms with Crippen LogP contribution in [0.5, 0.6) is 0 Å². The van der Waals surface area contributed by atoms with Crippen molar-refractivity contribution in [1.29, 1.82) is 0 Å². The van der Waals surface area contributed by atoms with Gasteiger partial charge in [0, 0.05) is 25.0 Å². The first-order valence-electron chi connectivity index (χ1n) is 7.30. The Labute approximate surface area is 104 Å². The second-order valence-electron chi connectivity index (χ2n) is 6.09. The number of likely N-dealkylation sites (N-methyl/N-ethyl adjacent to an activating group) is 1. The molecule has 96 valence electrons. The summed E-state index contributed by atoms with van der Waals surface area (Å²) in [6.45, 7) is 5.05. The van der Waals surface area contributed by atoms with Crippen LogP contribution in [0.3, 0.4) is 0 Å². The summed E-state index contributed by atoms with van der Waals surface area (Å²) >= 11 is 0. The Hall–Kier alpha value is -0.570. The molecule has 0 aromatic carbocycles. The molecule has 3 unspecified atom stereocenters. The minimum Gasteiger partial charge on any atom is -0.341 e. The fourth-order valence-electron chi connectivity index (χ4n) is 3.73. The highest BCUT2D eigenvalue weighted by Gasteiger charge is 2.48. The monoisotopic (exact) mass is 236 g/mol. The SMILES string of the molecule is CCN(CC1CCCN1)C(=O)C1CC2CC2C1. The van der Waals surface area contributed by atoms with Crippen molar-refractivity contribution >= 4 is 5.91 Å². The van der Waals surface area contributed by atoms with Crippen LogP contribution in [0.2, 0.25) is 0 Å². The lowest BCUT2D eigenvalue weighted by atomic mass is 10.0. The van der Waals surface area contributed by atoms with Crippen LogP contribution in [0.15, 0.2) is 0 Å². The predicted molar refractivity (Wildman–Crippen MR) is 67.6 cm³/mol. The standard InChI is InChI=1S/C14H24N2O/c1-2-16(9-13-4-3-5-15-13)14(17)12-7-10-6-11(10)8-12/h10-13,15H,2-9H2,1H3.